The largest absolute Gasteiger partial charge is 1.00 e. The van der Waals surface area contributed by atoms with E-state index in [1.54, 1.807) is 0 Å². The van der Waals surface area contributed by atoms with Gasteiger partial charge in [0.2, 0.25) is 0 Å². The van der Waals surface area contributed by atoms with Crippen molar-refractivity contribution < 1.29 is 82.6 Å². The molecule has 2 N–H and O–H groups in total. The molecular weight excluding hydrogens is 342 g/mol. The van der Waals surface area contributed by atoms with Gasteiger partial charge in [-0.25, -0.2) is 0 Å². The summed E-state index contributed by atoms with van der Waals surface area (Å²) in [5, 5.41) is 6.80. The van der Waals surface area contributed by atoms with E-state index in [0.29, 0.717) is 18.3 Å². The van der Waals surface area contributed by atoms with E-state index >= 15 is 0 Å². The van der Waals surface area contributed by atoms with E-state index < -0.39 is 0 Å². The summed E-state index contributed by atoms with van der Waals surface area (Å²) in [4.78, 5) is 0. The van der Waals surface area contributed by atoms with Crippen LogP contribution in [-0.2, 0) is 0 Å². The second-order valence-electron chi connectivity index (χ2n) is 4.49. The van der Waals surface area contributed by atoms with Gasteiger partial charge in [-0.3, -0.25) is 0 Å². The molecule has 0 amide bonds. The summed E-state index contributed by atoms with van der Waals surface area (Å²) in [7, 11) is 0. The van der Waals surface area contributed by atoms with Crippen LogP contribution in [0.4, 0.5) is 11.4 Å². The zero-order valence-corrected chi connectivity index (χ0v) is 18.7. The predicted molar refractivity (Wildman–Crippen MR) is 97.3 cm³/mol. The maximum absolute atomic E-state index is 5.40. The molecule has 0 unspecified atom stereocenters. The van der Waals surface area contributed by atoms with Crippen molar-refractivity contribution in [1.29, 1.82) is 0 Å². The van der Waals surface area contributed by atoms with E-state index in [2.05, 4.69) is 10.6 Å². The van der Waals surface area contributed by atoms with Gasteiger partial charge in [0.15, 0.2) is 5.11 Å². The van der Waals surface area contributed by atoms with Gasteiger partial charge in [-0.15, -0.1) is 0 Å². The molecule has 2 aromatic carbocycles. The first-order valence-electron chi connectivity index (χ1n) is 7.25. The quantitative estimate of drug-likeness (QED) is 0.484. The predicted octanol–water partition coefficient (Wildman–Crippen LogP) is -1.47. The Morgan fingerprint density at radius 2 is 1.17 bits per heavy atom. The first-order valence-corrected chi connectivity index (χ1v) is 7.65. The van der Waals surface area contributed by atoms with Crippen LogP contribution in [0.15, 0.2) is 48.5 Å². The molecule has 0 heterocycles. The fourth-order valence-electron chi connectivity index (χ4n) is 1.90. The molecule has 0 aliphatic rings. The van der Waals surface area contributed by atoms with Gasteiger partial charge in [-0.1, -0.05) is 0 Å². The number of thiocarbonyl (C=S) groups is 1. The van der Waals surface area contributed by atoms with Gasteiger partial charge in [0, 0.05) is 11.4 Å². The summed E-state index contributed by atoms with van der Waals surface area (Å²) in [5.74, 6) is 1.69. The molecule has 0 bridgehead atoms. The molecule has 0 atom stereocenters. The summed E-state index contributed by atoms with van der Waals surface area (Å²) in [5.41, 5.74) is 1.82. The van der Waals surface area contributed by atoms with Gasteiger partial charge in [-0.2, -0.15) is 0 Å². The Balaban J connectivity index is -0.00000132. The van der Waals surface area contributed by atoms with Crippen molar-refractivity contribution in [1.82, 2.24) is 0 Å². The topological polar surface area (TPSA) is 42.5 Å². The van der Waals surface area contributed by atoms with Gasteiger partial charge < -0.3 is 23.0 Å². The van der Waals surface area contributed by atoms with Crippen molar-refractivity contribution in [3.63, 3.8) is 0 Å². The summed E-state index contributed by atoms with van der Waals surface area (Å²) < 4.78 is 10.8. The summed E-state index contributed by atoms with van der Waals surface area (Å²) in [6.45, 7) is 5.24. The van der Waals surface area contributed by atoms with E-state index in [9.17, 15) is 0 Å². The number of rotatable bonds is 6. The fourth-order valence-corrected chi connectivity index (χ4v) is 2.13. The first-order chi connectivity index (χ1) is 10.7. The molecule has 0 aliphatic heterocycles. The Bertz CT molecular complexity index is 566. The number of ether oxygens (including phenoxy) is 2. The van der Waals surface area contributed by atoms with Crippen molar-refractivity contribution in [2.24, 2.45) is 0 Å². The van der Waals surface area contributed by atoms with E-state index in [0.717, 1.165) is 22.9 Å². The van der Waals surface area contributed by atoms with Crippen molar-refractivity contribution in [3.8, 4) is 11.5 Å². The molecule has 0 aliphatic carbocycles. The summed E-state index contributed by atoms with van der Waals surface area (Å²) in [6.07, 6.45) is 0. The molecule has 120 valence electrons. The van der Waals surface area contributed by atoms with Crippen LogP contribution in [0.3, 0.4) is 0 Å². The molecule has 0 fully saturated rings. The van der Waals surface area contributed by atoms with Crippen molar-refractivity contribution in [2.45, 2.75) is 13.8 Å². The van der Waals surface area contributed by atoms with Crippen molar-refractivity contribution >= 4 is 28.7 Å². The molecule has 7 heteroatoms. The molecule has 24 heavy (non-hydrogen) atoms. The van der Waals surface area contributed by atoms with Crippen molar-refractivity contribution in [2.75, 3.05) is 23.8 Å². The average molecular weight is 364 g/mol. The van der Waals surface area contributed by atoms with Crippen LogP contribution in [0.2, 0.25) is 0 Å². The summed E-state index contributed by atoms with van der Waals surface area (Å²) in [6, 6.07) is 15.3. The van der Waals surface area contributed by atoms with Gasteiger partial charge in [-0.05, 0) is 74.6 Å². The maximum Gasteiger partial charge on any atom is 1.00 e. The third kappa shape index (κ3) is 8.37. The molecule has 4 nitrogen and oxygen atoms in total. The van der Waals surface area contributed by atoms with Crippen LogP contribution in [-0.4, -0.2) is 18.3 Å². The molecular formula is C17H22KLiN2O2S. The third-order valence-electron chi connectivity index (χ3n) is 2.85. The zero-order chi connectivity index (χ0) is 15.8. The Morgan fingerprint density at radius 1 is 0.833 bits per heavy atom. The van der Waals surface area contributed by atoms with Crippen molar-refractivity contribution in [3.05, 3.63) is 48.5 Å². The monoisotopic (exact) mass is 364 g/mol. The van der Waals surface area contributed by atoms with E-state index in [1.165, 1.54) is 0 Å². The molecule has 2 rings (SSSR count). The zero-order valence-electron chi connectivity index (χ0n) is 16.8. The van der Waals surface area contributed by atoms with Gasteiger partial charge in [0.25, 0.3) is 0 Å². The maximum atomic E-state index is 5.40. The molecule has 0 saturated heterocycles. The van der Waals surface area contributed by atoms with Crippen LogP contribution < -0.4 is 90.4 Å². The Labute approximate surface area is 206 Å². The number of hydrogen-bond donors (Lipinski definition) is 2. The third-order valence-corrected chi connectivity index (χ3v) is 3.05. The van der Waals surface area contributed by atoms with Crippen LogP contribution in [0.1, 0.15) is 16.7 Å². The Hall–Kier alpha value is -0.0362. The Kier molecular flexibility index (Phi) is 13.2. The first kappa shape index (κ1) is 24.0. The van der Waals surface area contributed by atoms with E-state index in [4.69, 9.17) is 21.7 Å². The molecule has 0 radical (unpaired) electrons. The number of hydrogen-bond acceptors (Lipinski definition) is 3. The number of benzene rings is 2. The molecule has 0 spiro atoms. The second kappa shape index (κ2) is 13.2. The van der Waals surface area contributed by atoms with Crippen LogP contribution in [0, 0.1) is 0 Å². The van der Waals surface area contributed by atoms with Gasteiger partial charge in [0.1, 0.15) is 11.5 Å². The number of nitrogens with one attached hydrogen (secondary N) is 2. The number of anilines is 2. The molecule has 2 aromatic rings. The SMILES string of the molecule is CCOc1ccc(NC(=S)Nc2ccc(OCC)cc2)cc1.[H-].[H-].[K+].[Li+]. The second-order valence-corrected chi connectivity index (χ2v) is 4.90. The van der Waals surface area contributed by atoms with E-state index in [1.807, 2.05) is 62.4 Å². The fraction of sp³-hybridized carbons (Fsp3) is 0.235. The minimum atomic E-state index is 0. The normalized spacial score (nSPS) is 9.08. The minimum absolute atomic E-state index is 0. The van der Waals surface area contributed by atoms with Gasteiger partial charge >= 0.3 is 70.2 Å². The van der Waals surface area contributed by atoms with Crippen LogP contribution in [0.5, 0.6) is 11.5 Å². The summed E-state index contributed by atoms with van der Waals surface area (Å²) >= 11 is 5.30. The van der Waals surface area contributed by atoms with E-state index in [-0.39, 0.29) is 73.1 Å². The average Bonchev–Trinajstić information content (AvgIpc) is 2.52. The van der Waals surface area contributed by atoms with Gasteiger partial charge in [0.05, 0.1) is 13.2 Å². The van der Waals surface area contributed by atoms with Crippen LogP contribution in [0.25, 0.3) is 0 Å². The Morgan fingerprint density at radius 3 is 1.46 bits per heavy atom. The minimum Gasteiger partial charge on any atom is -1.00 e. The smallest absolute Gasteiger partial charge is 1.00 e. The standard InChI is InChI=1S/C17H20N2O2S.K.Li.2H/c1-3-20-15-9-5-13(6-10-15)18-17(22)19-14-7-11-16(12-8-14)21-4-2;;;;/h5-12H,3-4H2,1-2H3,(H2,18,19,22);;;;/q;2*+1;2*-1. The van der Waals surface area contributed by atoms with Crippen LogP contribution >= 0.6 is 12.2 Å². The molecule has 0 saturated carbocycles. The molecule has 0 aromatic heterocycles.